The average molecular weight is 362 g/mol. The fourth-order valence-electron chi connectivity index (χ4n) is 1.41. The first-order valence-corrected chi connectivity index (χ1v) is 8.03. The molecule has 0 aromatic rings. The van der Waals surface area contributed by atoms with E-state index in [2.05, 4.69) is 10.1 Å². The highest BCUT2D eigenvalue weighted by molar-refractivity contribution is 5.82. The minimum absolute atomic E-state index is 0.0285. The lowest BCUT2D eigenvalue weighted by Gasteiger charge is -2.22. The van der Waals surface area contributed by atoms with Crippen molar-refractivity contribution in [3.05, 3.63) is 0 Å². The molecule has 0 saturated heterocycles. The summed E-state index contributed by atoms with van der Waals surface area (Å²) in [5.41, 5.74) is -0.893. The van der Waals surface area contributed by atoms with E-state index in [1.807, 2.05) is 20.8 Å². The molecule has 8 heteroatoms. The zero-order chi connectivity index (χ0) is 20.3. The fourth-order valence-corrected chi connectivity index (χ4v) is 1.41. The average Bonchev–Trinajstić information content (AvgIpc) is 2.35. The fraction of sp³-hybridized carbons (Fsp3) is 0.824. The van der Waals surface area contributed by atoms with Gasteiger partial charge in [-0.15, -0.1) is 0 Å². The zero-order valence-electron chi connectivity index (χ0n) is 17.0. The van der Waals surface area contributed by atoms with Gasteiger partial charge in [-0.25, -0.2) is 0 Å². The predicted octanol–water partition coefficient (Wildman–Crippen LogP) is 0.980. The van der Waals surface area contributed by atoms with Crippen LogP contribution < -0.4 is 5.32 Å². The van der Waals surface area contributed by atoms with Gasteiger partial charge in [0.1, 0.15) is 24.4 Å². The molecule has 0 rings (SSSR count). The predicted molar refractivity (Wildman–Crippen MR) is 95.1 cm³/mol. The molecule has 148 valence electrons. The van der Waals surface area contributed by atoms with Crippen molar-refractivity contribution in [1.29, 1.82) is 0 Å². The maximum absolute atomic E-state index is 11.3. The summed E-state index contributed by atoms with van der Waals surface area (Å²) in [5, 5.41) is 2.72. The Kier molecular flexibility index (Phi) is 12.1. The summed E-state index contributed by atoms with van der Waals surface area (Å²) in [6, 6.07) is 0. The number of esters is 2. The van der Waals surface area contributed by atoms with E-state index in [-0.39, 0.29) is 37.2 Å². The van der Waals surface area contributed by atoms with Gasteiger partial charge in [0, 0.05) is 14.2 Å². The molecule has 0 radical (unpaired) electrons. The number of methoxy groups -OCH3 is 1. The second kappa shape index (κ2) is 11.8. The van der Waals surface area contributed by atoms with Crippen molar-refractivity contribution in [2.24, 2.45) is 0 Å². The summed E-state index contributed by atoms with van der Waals surface area (Å²) < 4.78 is 14.7. The molecule has 0 spiro atoms. The lowest BCUT2D eigenvalue weighted by atomic mass is 10.2. The number of rotatable bonds is 6. The maximum atomic E-state index is 11.3. The third-order valence-corrected chi connectivity index (χ3v) is 2.22. The third kappa shape index (κ3) is 18.5. The van der Waals surface area contributed by atoms with Crippen molar-refractivity contribution < 1.29 is 28.6 Å². The molecule has 1 N–H and O–H groups in total. The number of ether oxygens (including phenoxy) is 3. The number of nitrogens with zero attached hydrogens (tertiary/aromatic N) is 1. The van der Waals surface area contributed by atoms with Crippen molar-refractivity contribution in [3.8, 4) is 0 Å². The summed E-state index contributed by atoms with van der Waals surface area (Å²) in [6.45, 7) is 11.1. The summed E-state index contributed by atoms with van der Waals surface area (Å²) in [7, 11) is 4.68. The van der Waals surface area contributed by atoms with Gasteiger partial charge >= 0.3 is 11.9 Å². The Bertz CT molecular complexity index is 424. The van der Waals surface area contributed by atoms with Crippen LogP contribution in [-0.4, -0.2) is 74.8 Å². The van der Waals surface area contributed by atoms with Crippen molar-refractivity contribution in [2.75, 3.05) is 40.9 Å². The monoisotopic (exact) mass is 362 g/mol. The Morgan fingerprint density at radius 3 is 1.72 bits per heavy atom. The third-order valence-electron chi connectivity index (χ3n) is 2.22. The van der Waals surface area contributed by atoms with Crippen LogP contribution in [-0.2, 0) is 28.6 Å². The SMILES string of the molecule is CNCC(=O)OC(C)(C)C.COCC(=O)N(C)CC(=O)OC(C)(C)C. The van der Waals surface area contributed by atoms with Gasteiger partial charge in [-0.05, 0) is 48.6 Å². The van der Waals surface area contributed by atoms with Crippen molar-refractivity contribution in [3.63, 3.8) is 0 Å². The molecule has 0 unspecified atom stereocenters. The minimum Gasteiger partial charge on any atom is -0.459 e. The van der Waals surface area contributed by atoms with Crippen molar-refractivity contribution >= 4 is 17.8 Å². The highest BCUT2D eigenvalue weighted by Crippen LogP contribution is 2.07. The molecule has 0 bridgehead atoms. The van der Waals surface area contributed by atoms with E-state index in [0.29, 0.717) is 0 Å². The lowest BCUT2D eigenvalue weighted by Crippen LogP contribution is -2.37. The summed E-state index contributed by atoms with van der Waals surface area (Å²) >= 11 is 0. The standard InChI is InChI=1S/C10H19NO4.C7H15NO2/c1-10(2,3)15-9(13)6-11(4)8(12)7-14-5;1-7(2,3)10-6(9)5-8-4/h6-7H2,1-5H3;8H,5H2,1-4H3. The van der Waals surface area contributed by atoms with Crippen LogP contribution in [0.4, 0.5) is 0 Å². The zero-order valence-corrected chi connectivity index (χ0v) is 17.0. The van der Waals surface area contributed by atoms with E-state index in [1.54, 1.807) is 27.8 Å². The van der Waals surface area contributed by atoms with Crippen LogP contribution in [0.2, 0.25) is 0 Å². The molecule has 0 aromatic heterocycles. The molecule has 0 aliphatic heterocycles. The number of amides is 1. The second-order valence-corrected chi connectivity index (χ2v) is 7.39. The van der Waals surface area contributed by atoms with Gasteiger partial charge in [0.2, 0.25) is 5.91 Å². The highest BCUT2D eigenvalue weighted by Gasteiger charge is 2.19. The number of nitrogens with one attached hydrogen (secondary N) is 1. The van der Waals surface area contributed by atoms with Crippen LogP contribution in [0.5, 0.6) is 0 Å². The van der Waals surface area contributed by atoms with E-state index in [1.165, 1.54) is 19.1 Å². The van der Waals surface area contributed by atoms with Crippen molar-refractivity contribution in [1.82, 2.24) is 10.2 Å². The number of likely N-dealkylation sites (N-methyl/N-ethyl adjacent to an activating group) is 2. The number of hydrogen-bond donors (Lipinski definition) is 1. The van der Waals surface area contributed by atoms with Crippen LogP contribution in [0, 0.1) is 0 Å². The molecule has 1 amide bonds. The van der Waals surface area contributed by atoms with E-state index in [0.717, 1.165) is 0 Å². The van der Waals surface area contributed by atoms with E-state index < -0.39 is 11.6 Å². The van der Waals surface area contributed by atoms with Crippen LogP contribution in [0.15, 0.2) is 0 Å². The number of hydrogen-bond acceptors (Lipinski definition) is 7. The summed E-state index contributed by atoms with van der Waals surface area (Å²) in [5.74, 6) is -0.882. The van der Waals surface area contributed by atoms with E-state index in [4.69, 9.17) is 9.47 Å². The Morgan fingerprint density at radius 2 is 1.36 bits per heavy atom. The molecule has 0 fully saturated rings. The minimum atomic E-state index is -0.526. The quantitative estimate of drug-likeness (QED) is 0.704. The topological polar surface area (TPSA) is 94.2 Å². The van der Waals surface area contributed by atoms with E-state index >= 15 is 0 Å². The second-order valence-electron chi connectivity index (χ2n) is 7.39. The summed E-state index contributed by atoms with van der Waals surface area (Å²) in [4.78, 5) is 34.6. The normalized spacial score (nSPS) is 11.1. The number of carbonyl (C=O) groups is 3. The smallest absolute Gasteiger partial charge is 0.326 e. The van der Waals surface area contributed by atoms with Crippen molar-refractivity contribution in [2.45, 2.75) is 52.7 Å². The lowest BCUT2D eigenvalue weighted by molar-refractivity contribution is -0.158. The maximum Gasteiger partial charge on any atom is 0.326 e. The molecule has 0 atom stereocenters. The van der Waals surface area contributed by atoms with Gasteiger partial charge < -0.3 is 24.4 Å². The first kappa shape index (κ1) is 25.6. The summed E-state index contributed by atoms with van der Waals surface area (Å²) in [6.07, 6.45) is 0. The Morgan fingerprint density at radius 1 is 0.920 bits per heavy atom. The molecule has 0 heterocycles. The highest BCUT2D eigenvalue weighted by atomic mass is 16.6. The van der Waals surface area contributed by atoms with Gasteiger partial charge in [-0.2, -0.15) is 0 Å². The molecular weight excluding hydrogens is 328 g/mol. The Hall–Kier alpha value is -1.67. The Balaban J connectivity index is 0. The first-order valence-electron chi connectivity index (χ1n) is 8.03. The van der Waals surface area contributed by atoms with Gasteiger partial charge in [0.25, 0.3) is 0 Å². The largest absolute Gasteiger partial charge is 0.459 e. The molecular formula is C17H34N2O6. The van der Waals surface area contributed by atoms with Gasteiger partial charge in [-0.1, -0.05) is 0 Å². The first-order chi connectivity index (χ1) is 11.2. The van der Waals surface area contributed by atoms with Crippen LogP contribution in [0.3, 0.4) is 0 Å². The van der Waals surface area contributed by atoms with E-state index in [9.17, 15) is 14.4 Å². The van der Waals surface area contributed by atoms with Crippen LogP contribution >= 0.6 is 0 Å². The molecule has 8 nitrogen and oxygen atoms in total. The van der Waals surface area contributed by atoms with Gasteiger partial charge in [0.15, 0.2) is 0 Å². The number of carbonyl (C=O) groups excluding carboxylic acids is 3. The van der Waals surface area contributed by atoms with Gasteiger partial charge in [0.05, 0.1) is 6.54 Å². The molecule has 0 aromatic carbocycles. The van der Waals surface area contributed by atoms with Crippen LogP contribution in [0.25, 0.3) is 0 Å². The molecule has 25 heavy (non-hydrogen) atoms. The molecule has 0 aliphatic carbocycles. The molecule has 0 aliphatic rings. The van der Waals surface area contributed by atoms with Crippen LogP contribution in [0.1, 0.15) is 41.5 Å². The van der Waals surface area contributed by atoms with Gasteiger partial charge in [-0.3, -0.25) is 14.4 Å². The Labute approximate surface area is 151 Å². The molecule has 0 saturated carbocycles.